The van der Waals surface area contributed by atoms with Crippen LogP contribution >= 0.6 is 0 Å². The molecular formula is C33H45FN4O3. The van der Waals surface area contributed by atoms with Crippen LogP contribution in [0.25, 0.3) is 16.6 Å². The Balaban J connectivity index is 1.42. The van der Waals surface area contributed by atoms with Crippen LogP contribution in [-0.4, -0.2) is 77.5 Å². The Kier molecular flexibility index (Phi) is 8.56. The van der Waals surface area contributed by atoms with Crippen LogP contribution in [-0.2, 0) is 15.9 Å². The molecule has 2 atom stereocenters. The molecule has 0 bridgehead atoms. The monoisotopic (exact) mass is 564 g/mol. The number of hydrogen-bond donors (Lipinski definition) is 0. The van der Waals surface area contributed by atoms with Crippen molar-refractivity contribution in [3.05, 3.63) is 59.3 Å². The van der Waals surface area contributed by atoms with E-state index >= 15 is 0 Å². The predicted octanol–water partition coefficient (Wildman–Crippen LogP) is 6.00. The van der Waals surface area contributed by atoms with Gasteiger partial charge in [0.25, 0.3) is 5.91 Å². The summed E-state index contributed by atoms with van der Waals surface area (Å²) in [6.07, 6.45) is 11.0. The van der Waals surface area contributed by atoms with Gasteiger partial charge in [-0.1, -0.05) is 6.92 Å². The smallest absolute Gasteiger partial charge is 0.256 e. The maximum Gasteiger partial charge on any atom is 0.256 e. The fourth-order valence-corrected chi connectivity index (χ4v) is 7.07. The zero-order valence-electron chi connectivity index (χ0n) is 25.6. The van der Waals surface area contributed by atoms with Gasteiger partial charge >= 0.3 is 0 Å². The first kappa shape index (κ1) is 29.7. The molecule has 1 aromatic carbocycles. The van der Waals surface area contributed by atoms with Gasteiger partial charge in [-0.15, -0.1) is 0 Å². The second-order valence-electron chi connectivity index (χ2n) is 12.4. The maximum absolute atomic E-state index is 14.4. The number of pyridine rings is 1. The van der Waals surface area contributed by atoms with Crippen LogP contribution in [0.4, 0.5) is 4.39 Å². The Hall–Kier alpha value is -2.81. The summed E-state index contributed by atoms with van der Waals surface area (Å²) in [7, 11) is 5.25. The van der Waals surface area contributed by atoms with Gasteiger partial charge in [0, 0.05) is 70.5 Å². The summed E-state index contributed by atoms with van der Waals surface area (Å²) < 4.78 is 27.8. The highest BCUT2D eigenvalue weighted by molar-refractivity contribution is 5.99. The topological polar surface area (TPSA) is 59.8 Å². The largest absolute Gasteiger partial charge is 0.353 e. The number of aromatic nitrogens is 2. The highest BCUT2D eigenvalue weighted by Crippen LogP contribution is 2.46. The van der Waals surface area contributed by atoms with Crippen LogP contribution in [0.3, 0.4) is 0 Å². The molecule has 41 heavy (non-hydrogen) atoms. The molecule has 2 aliphatic rings. The van der Waals surface area contributed by atoms with Gasteiger partial charge in [0.05, 0.1) is 23.0 Å². The van der Waals surface area contributed by atoms with E-state index in [1.807, 2.05) is 30.8 Å². The highest BCUT2D eigenvalue weighted by atomic mass is 19.1. The Morgan fingerprint density at radius 1 is 1.22 bits per heavy atom. The van der Waals surface area contributed by atoms with E-state index in [1.165, 1.54) is 23.1 Å². The van der Waals surface area contributed by atoms with Crippen LogP contribution in [0.1, 0.15) is 67.9 Å². The molecule has 5 rings (SSSR count). The molecule has 0 N–H and O–H groups in total. The van der Waals surface area contributed by atoms with Crippen molar-refractivity contribution in [3.8, 4) is 5.69 Å². The number of nitrogens with zero attached hydrogens (tertiary/aromatic N) is 4. The lowest BCUT2D eigenvalue weighted by Gasteiger charge is -2.50. The molecule has 0 radical (unpaired) electrons. The summed E-state index contributed by atoms with van der Waals surface area (Å²) >= 11 is 0. The summed E-state index contributed by atoms with van der Waals surface area (Å²) in [5.41, 5.74) is 4.33. The fraction of sp³-hybridized carbons (Fsp3) is 0.576. The average molecular weight is 565 g/mol. The van der Waals surface area contributed by atoms with Gasteiger partial charge in [0.15, 0.2) is 5.79 Å². The summed E-state index contributed by atoms with van der Waals surface area (Å²) in [6, 6.07) is 5.03. The van der Waals surface area contributed by atoms with Gasteiger partial charge in [-0.3, -0.25) is 14.7 Å². The second kappa shape index (κ2) is 11.8. The number of carbonyl (C=O) groups excluding carboxylic acids is 1. The van der Waals surface area contributed by atoms with Crippen molar-refractivity contribution in [2.45, 2.75) is 77.7 Å². The third-order valence-corrected chi connectivity index (χ3v) is 9.67. The zero-order valence-corrected chi connectivity index (χ0v) is 25.6. The molecule has 3 heterocycles. The lowest BCUT2D eigenvalue weighted by atomic mass is 9.73. The Bertz CT molecular complexity index is 1390. The lowest BCUT2D eigenvalue weighted by molar-refractivity contribution is -0.277. The van der Waals surface area contributed by atoms with E-state index in [1.54, 1.807) is 32.2 Å². The third-order valence-electron chi connectivity index (χ3n) is 9.67. The predicted molar refractivity (Wildman–Crippen MR) is 160 cm³/mol. The second-order valence-corrected chi connectivity index (χ2v) is 12.4. The number of hydrogen-bond acceptors (Lipinski definition) is 5. The number of rotatable bonds is 10. The van der Waals surface area contributed by atoms with Crippen LogP contribution in [0.15, 0.2) is 36.8 Å². The van der Waals surface area contributed by atoms with Crippen molar-refractivity contribution in [1.82, 2.24) is 19.4 Å². The Labute approximate surface area is 243 Å². The molecule has 0 spiro atoms. The molecule has 2 fully saturated rings. The number of ether oxygens (including phenoxy) is 2. The molecule has 222 valence electrons. The standard InChI is InChI=1S/C33H45FN4O3/c1-8-28(25-15-33(16-25,40-6)41-7)37-12-11-23(19-37)13-24-20-38(30-18-35-17-22(4)31(24)30)29-10-9-26(34)14-27(29)32(39)36(5)21(2)3/h9-10,14,17-18,20-21,23,25,28H,8,11-13,15-16,19H2,1-7H3/t23-,28?/m1/s1. The number of halogens is 1. The van der Waals surface area contributed by atoms with E-state index in [0.29, 0.717) is 29.1 Å². The molecule has 7 nitrogen and oxygen atoms in total. The third kappa shape index (κ3) is 5.54. The first-order valence-corrected chi connectivity index (χ1v) is 15.0. The Morgan fingerprint density at radius 2 is 1.95 bits per heavy atom. The van der Waals surface area contributed by atoms with Gasteiger partial charge in [0.2, 0.25) is 0 Å². The van der Waals surface area contributed by atoms with E-state index < -0.39 is 11.6 Å². The SMILES string of the molecule is CCC(C1CC(OC)(OC)C1)N1CC[C@H](Cc2cn(-c3ccc(F)cc3C(=O)N(C)C(C)C)c3cncc(C)c23)C1. The van der Waals surface area contributed by atoms with Gasteiger partial charge in [-0.25, -0.2) is 4.39 Å². The summed E-state index contributed by atoms with van der Waals surface area (Å²) in [5.74, 6) is 0.0999. The minimum Gasteiger partial charge on any atom is -0.353 e. The van der Waals surface area contributed by atoms with E-state index in [2.05, 4.69) is 29.9 Å². The first-order valence-electron chi connectivity index (χ1n) is 15.0. The highest BCUT2D eigenvalue weighted by Gasteiger charge is 2.49. The van der Waals surface area contributed by atoms with Gasteiger partial charge < -0.3 is 18.9 Å². The van der Waals surface area contributed by atoms with Crippen molar-refractivity contribution < 1.29 is 18.7 Å². The van der Waals surface area contributed by atoms with Crippen molar-refractivity contribution >= 4 is 16.8 Å². The summed E-state index contributed by atoms with van der Waals surface area (Å²) in [4.78, 5) is 22.2. The normalized spacial score (nSPS) is 20.1. The average Bonchev–Trinajstić information content (AvgIpc) is 3.55. The Morgan fingerprint density at radius 3 is 2.61 bits per heavy atom. The zero-order chi connectivity index (χ0) is 29.5. The number of fused-ring (bicyclic) bond motifs is 1. The van der Waals surface area contributed by atoms with Crippen LogP contribution in [0.2, 0.25) is 0 Å². The van der Waals surface area contributed by atoms with Crippen molar-refractivity contribution in [1.29, 1.82) is 0 Å². The number of likely N-dealkylation sites (tertiary alicyclic amines) is 1. The van der Waals surface area contributed by atoms with E-state index in [-0.39, 0.29) is 11.9 Å². The minimum absolute atomic E-state index is 0.00268. The van der Waals surface area contributed by atoms with Crippen molar-refractivity contribution in [2.75, 3.05) is 34.4 Å². The van der Waals surface area contributed by atoms with Crippen LogP contribution < -0.4 is 0 Å². The summed E-state index contributed by atoms with van der Waals surface area (Å²) in [6.45, 7) is 10.5. The number of aryl methyl sites for hydroxylation is 1. The number of methoxy groups -OCH3 is 2. The van der Waals surface area contributed by atoms with Crippen molar-refractivity contribution in [3.63, 3.8) is 0 Å². The summed E-state index contributed by atoms with van der Waals surface area (Å²) in [5, 5.41) is 1.18. The lowest BCUT2D eigenvalue weighted by Crippen LogP contribution is -2.54. The van der Waals surface area contributed by atoms with Gasteiger partial charge in [0.1, 0.15) is 5.82 Å². The first-order chi connectivity index (χ1) is 19.6. The van der Waals surface area contributed by atoms with Crippen molar-refractivity contribution in [2.24, 2.45) is 11.8 Å². The fourth-order valence-electron chi connectivity index (χ4n) is 7.07. The molecule has 3 aromatic rings. The number of benzene rings is 1. The van der Waals surface area contributed by atoms with Crippen LogP contribution in [0, 0.1) is 24.6 Å². The number of amides is 1. The van der Waals surface area contributed by atoms with Crippen LogP contribution in [0.5, 0.6) is 0 Å². The van der Waals surface area contributed by atoms with E-state index in [9.17, 15) is 9.18 Å². The maximum atomic E-state index is 14.4. The molecule has 1 amide bonds. The molecule has 2 aromatic heterocycles. The van der Waals surface area contributed by atoms with Gasteiger partial charge in [-0.05, 0) is 87.7 Å². The van der Waals surface area contributed by atoms with E-state index in [4.69, 9.17) is 9.47 Å². The number of carbonyl (C=O) groups is 1. The minimum atomic E-state index is -0.420. The molecular weight excluding hydrogens is 519 g/mol. The molecule has 1 unspecified atom stereocenters. The van der Waals surface area contributed by atoms with E-state index in [0.717, 1.165) is 56.3 Å². The molecule has 1 aliphatic carbocycles. The molecule has 1 aliphatic heterocycles. The quantitative estimate of drug-likeness (QED) is 0.283. The molecule has 1 saturated carbocycles. The molecule has 1 saturated heterocycles. The molecule has 8 heteroatoms. The van der Waals surface area contributed by atoms with Gasteiger partial charge in [-0.2, -0.15) is 0 Å².